The number of anilines is 3. The molecule has 2 aromatic rings. The van der Waals surface area contributed by atoms with Crippen LogP contribution in [-0.2, 0) is 15.9 Å². The Balaban J connectivity index is 1.64. The largest absolute Gasteiger partial charge is 0.378 e. The maximum atomic E-state index is 5.72. The van der Waals surface area contributed by atoms with E-state index in [1.807, 2.05) is 6.92 Å². The summed E-state index contributed by atoms with van der Waals surface area (Å²) in [6, 6.07) is 0.335. The van der Waals surface area contributed by atoms with E-state index in [0.717, 1.165) is 62.2 Å². The molecule has 5 heterocycles. The van der Waals surface area contributed by atoms with Crippen LogP contribution in [0.4, 0.5) is 17.6 Å². The number of ether oxygens (including phenoxy) is 2. The molecule has 3 aliphatic rings. The van der Waals surface area contributed by atoms with Gasteiger partial charge in [-0.3, -0.25) is 0 Å². The Labute approximate surface area is 157 Å². The van der Waals surface area contributed by atoms with Crippen LogP contribution in [0.3, 0.4) is 0 Å². The number of rotatable bonds is 2. The quantitative estimate of drug-likeness (QED) is 0.807. The lowest BCUT2D eigenvalue weighted by Crippen LogP contribution is -2.43. The molecule has 1 atom stereocenters. The van der Waals surface area contributed by atoms with Gasteiger partial charge < -0.3 is 25.0 Å². The molecule has 5 rings (SSSR count). The van der Waals surface area contributed by atoms with E-state index in [-0.39, 0.29) is 5.95 Å². The average molecular weight is 369 g/mol. The Kier molecular flexibility index (Phi) is 4.05. The number of hydrogen-bond acceptors (Lipinski definition) is 9. The van der Waals surface area contributed by atoms with Crippen LogP contribution in [0.25, 0.3) is 11.4 Å². The van der Waals surface area contributed by atoms with Crippen molar-refractivity contribution in [1.29, 1.82) is 0 Å². The fraction of sp³-hybridized carbons (Fsp3) is 0.556. The molecule has 0 bridgehead atoms. The van der Waals surface area contributed by atoms with Gasteiger partial charge in [-0.15, -0.1) is 0 Å². The van der Waals surface area contributed by atoms with Crippen molar-refractivity contribution in [3.8, 4) is 11.4 Å². The molecule has 2 saturated heterocycles. The highest BCUT2D eigenvalue weighted by molar-refractivity contribution is 5.71. The van der Waals surface area contributed by atoms with Crippen molar-refractivity contribution in [2.45, 2.75) is 19.4 Å². The Hall–Kier alpha value is -2.52. The summed E-state index contributed by atoms with van der Waals surface area (Å²) < 4.78 is 11.2. The van der Waals surface area contributed by atoms with E-state index in [2.05, 4.69) is 19.8 Å². The smallest absolute Gasteiger partial charge is 0.220 e. The summed E-state index contributed by atoms with van der Waals surface area (Å²) in [5, 5.41) is 0. The van der Waals surface area contributed by atoms with Gasteiger partial charge in [0.1, 0.15) is 11.6 Å². The molecule has 2 N–H and O–H groups in total. The van der Waals surface area contributed by atoms with Gasteiger partial charge in [-0.25, -0.2) is 19.9 Å². The number of nitrogen functional groups attached to an aromatic ring is 1. The van der Waals surface area contributed by atoms with Gasteiger partial charge in [0.15, 0.2) is 5.82 Å². The fourth-order valence-corrected chi connectivity index (χ4v) is 4.08. The van der Waals surface area contributed by atoms with E-state index in [4.69, 9.17) is 25.2 Å². The van der Waals surface area contributed by atoms with Crippen LogP contribution in [0.1, 0.15) is 11.3 Å². The molecule has 1 unspecified atom stereocenters. The van der Waals surface area contributed by atoms with E-state index in [1.165, 1.54) is 5.56 Å². The van der Waals surface area contributed by atoms with Crippen molar-refractivity contribution in [2.24, 2.45) is 0 Å². The van der Waals surface area contributed by atoms with Crippen molar-refractivity contribution in [2.75, 3.05) is 61.6 Å². The third-order valence-corrected chi connectivity index (χ3v) is 5.45. The van der Waals surface area contributed by atoms with Crippen molar-refractivity contribution >= 4 is 17.6 Å². The number of fused-ring (bicyclic) bond motifs is 3. The minimum atomic E-state index is 0.263. The lowest BCUT2D eigenvalue weighted by molar-refractivity contribution is 0.0973. The predicted octanol–water partition coefficient (Wildman–Crippen LogP) is 0.422. The first-order chi connectivity index (χ1) is 13.2. The number of hydrogen-bond donors (Lipinski definition) is 1. The molecule has 0 radical (unpaired) electrons. The monoisotopic (exact) mass is 369 g/mol. The van der Waals surface area contributed by atoms with E-state index in [9.17, 15) is 0 Å². The van der Waals surface area contributed by atoms with Crippen LogP contribution in [0.5, 0.6) is 0 Å². The normalized spacial score (nSPS) is 21.9. The van der Waals surface area contributed by atoms with Crippen LogP contribution in [0.2, 0.25) is 0 Å². The molecule has 0 amide bonds. The van der Waals surface area contributed by atoms with Crippen molar-refractivity contribution in [3.05, 3.63) is 17.5 Å². The third-order valence-electron chi connectivity index (χ3n) is 5.45. The molecule has 9 heteroatoms. The van der Waals surface area contributed by atoms with E-state index >= 15 is 0 Å². The Morgan fingerprint density at radius 1 is 1.04 bits per heavy atom. The first-order valence-corrected chi connectivity index (χ1v) is 9.38. The highest BCUT2D eigenvalue weighted by atomic mass is 16.5. The van der Waals surface area contributed by atoms with Gasteiger partial charge in [0.25, 0.3) is 0 Å². The van der Waals surface area contributed by atoms with Crippen LogP contribution in [-0.4, -0.2) is 72.0 Å². The van der Waals surface area contributed by atoms with E-state index in [0.29, 0.717) is 25.1 Å². The van der Waals surface area contributed by atoms with Crippen LogP contribution in [0.15, 0.2) is 6.20 Å². The molecular formula is C18H23N7O2. The number of morpholine rings is 2. The van der Waals surface area contributed by atoms with Gasteiger partial charge in [0.2, 0.25) is 5.95 Å². The second-order valence-electron chi connectivity index (χ2n) is 7.13. The number of aryl methyl sites for hydroxylation is 1. The minimum Gasteiger partial charge on any atom is -0.378 e. The lowest BCUT2D eigenvalue weighted by atomic mass is 10.1. The summed E-state index contributed by atoms with van der Waals surface area (Å²) in [5.41, 5.74) is 8.54. The van der Waals surface area contributed by atoms with Gasteiger partial charge >= 0.3 is 0 Å². The molecule has 2 fully saturated rings. The molecule has 0 spiro atoms. The number of nitrogens with two attached hydrogens (primary N) is 1. The molecule has 0 aliphatic carbocycles. The fourth-order valence-electron chi connectivity index (χ4n) is 4.08. The Morgan fingerprint density at radius 2 is 1.81 bits per heavy atom. The lowest BCUT2D eigenvalue weighted by Gasteiger charge is -2.31. The zero-order chi connectivity index (χ0) is 18.4. The minimum absolute atomic E-state index is 0.263. The van der Waals surface area contributed by atoms with Gasteiger partial charge in [-0.05, 0) is 6.92 Å². The topological polar surface area (TPSA) is 103 Å². The first-order valence-electron chi connectivity index (χ1n) is 9.38. The molecule has 0 saturated carbocycles. The van der Waals surface area contributed by atoms with Crippen molar-refractivity contribution < 1.29 is 9.47 Å². The summed E-state index contributed by atoms with van der Waals surface area (Å²) in [7, 11) is 0. The summed E-state index contributed by atoms with van der Waals surface area (Å²) in [5.74, 6) is 2.94. The summed E-state index contributed by atoms with van der Waals surface area (Å²) >= 11 is 0. The SMILES string of the molecule is Cc1nc(N)ncc1-c1nc(N2CCOCC2)c2c(n1)N1CCOCC1C2. The predicted molar refractivity (Wildman–Crippen MR) is 101 cm³/mol. The van der Waals surface area contributed by atoms with Crippen LogP contribution >= 0.6 is 0 Å². The Morgan fingerprint density at radius 3 is 2.63 bits per heavy atom. The Bertz CT molecular complexity index is 869. The zero-order valence-corrected chi connectivity index (χ0v) is 15.4. The molecule has 9 nitrogen and oxygen atoms in total. The van der Waals surface area contributed by atoms with Crippen molar-refractivity contribution in [3.63, 3.8) is 0 Å². The maximum absolute atomic E-state index is 5.72. The van der Waals surface area contributed by atoms with Gasteiger partial charge in [0.05, 0.1) is 43.7 Å². The summed E-state index contributed by atoms with van der Waals surface area (Å²) in [6.07, 6.45) is 2.63. The second-order valence-corrected chi connectivity index (χ2v) is 7.13. The molecule has 2 aromatic heterocycles. The standard InChI is InChI=1S/C18H23N7O2/c1-11-14(9-20-18(19)21-11)15-22-16(24-2-5-26-6-3-24)13-8-12-10-27-7-4-25(12)17(13)23-15/h9,12H,2-8,10H2,1H3,(H2,19,20,21). The summed E-state index contributed by atoms with van der Waals surface area (Å²) in [6.45, 7) is 7.33. The molecular weight excluding hydrogens is 346 g/mol. The van der Waals surface area contributed by atoms with Crippen molar-refractivity contribution in [1.82, 2.24) is 19.9 Å². The molecule has 0 aromatic carbocycles. The summed E-state index contributed by atoms with van der Waals surface area (Å²) in [4.78, 5) is 23.0. The van der Waals surface area contributed by atoms with E-state index in [1.54, 1.807) is 6.20 Å². The number of aromatic nitrogens is 4. The van der Waals surface area contributed by atoms with E-state index < -0.39 is 0 Å². The average Bonchev–Trinajstić information content (AvgIpc) is 3.07. The zero-order valence-electron chi connectivity index (χ0n) is 15.4. The molecule has 3 aliphatic heterocycles. The molecule has 27 heavy (non-hydrogen) atoms. The second kappa shape index (κ2) is 6.58. The maximum Gasteiger partial charge on any atom is 0.220 e. The highest BCUT2D eigenvalue weighted by Gasteiger charge is 2.37. The number of nitrogens with zero attached hydrogens (tertiary/aromatic N) is 6. The van der Waals surface area contributed by atoms with Crippen LogP contribution < -0.4 is 15.5 Å². The molecule has 142 valence electrons. The van der Waals surface area contributed by atoms with Gasteiger partial charge in [0, 0.05) is 37.8 Å². The van der Waals surface area contributed by atoms with Gasteiger partial charge in [-0.1, -0.05) is 0 Å². The first kappa shape index (κ1) is 16.6. The van der Waals surface area contributed by atoms with Crippen LogP contribution in [0, 0.1) is 6.92 Å². The highest BCUT2D eigenvalue weighted by Crippen LogP contribution is 2.39. The third kappa shape index (κ3) is 2.87. The van der Waals surface area contributed by atoms with Gasteiger partial charge in [-0.2, -0.15) is 0 Å².